The molecule has 0 aromatic heterocycles. The third-order valence-corrected chi connectivity index (χ3v) is 4.94. The van der Waals surface area contributed by atoms with Gasteiger partial charge in [-0.1, -0.05) is 36.4 Å². The molecular formula is C23H25NO3. The Morgan fingerprint density at radius 1 is 0.519 bits per heavy atom. The average Bonchev–Trinajstić information content (AvgIpc) is 2.76. The number of nitrogens with one attached hydrogen (secondary N) is 1. The van der Waals surface area contributed by atoms with Crippen LogP contribution < -0.4 is 19.5 Å². The van der Waals surface area contributed by atoms with E-state index in [2.05, 4.69) is 41.7 Å². The first kappa shape index (κ1) is 18.8. The minimum atomic E-state index is -0.523. The molecule has 140 valence electrons. The maximum atomic E-state index is 5.33. The molecule has 0 saturated heterocycles. The van der Waals surface area contributed by atoms with Crippen LogP contribution >= 0.6 is 0 Å². The van der Waals surface area contributed by atoms with Gasteiger partial charge in [-0.2, -0.15) is 0 Å². The van der Waals surface area contributed by atoms with Gasteiger partial charge in [-0.15, -0.1) is 0 Å². The molecule has 0 unspecified atom stereocenters. The zero-order chi connectivity index (χ0) is 19.3. The molecule has 0 heterocycles. The molecule has 3 aromatic carbocycles. The van der Waals surface area contributed by atoms with Gasteiger partial charge in [0.2, 0.25) is 0 Å². The zero-order valence-corrected chi connectivity index (χ0v) is 16.2. The third-order valence-electron chi connectivity index (χ3n) is 4.94. The Bertz CT molecular complexity index is 740. The number of ether oxygens (including phenoxy) is 3. The lowest BCUT2D eigenvalue weighted by atomic mass is 9.77. The fourth-order valence-electron chi connectivity index (χ4n) is 3.46. The largest absolute Gasteiger partial charge is 0.497 e. The van der Waals surface area contributed by atoms with Gasteiger partial charge in [0.25, 0.3) is 0 Å². The summed E-state index contributed by atoms with van der Waals surface area (Å²) >= 11 is 0. The highest BCUT2D eigenvalue weighted by Gasteiger charge is 2.35. The molecule has 3 aromatic rings. The van der Waals surface area contributed by atoms with E-state index in [9.17, 15) is 0 Å². The molecule has 1 N–H and O–H groups in total. The highest BCUT2D eigenvalue weighted by molar-refractivity contribution is 5.52. The smallest absolute Gasteiger partial charge is 0.118 e. The Labute approximate surface area is 160 Å². The molecular weight excluding hydrogens is 338 g/mol. The van der Waals surface area contributed by atoms with Crippen LogP contribution in [-0.4, -0.2) is 28.4 Å². The van der Waals surface area contributed by atoms with Crippen LogP contribution in [0.4, 0.5) is 0 Å². The first-order chi connectivity index (χ1) is 13.2. The summed E-state index contributed by atoms with van der Waals surface area (Å²) in [4.78, 5) is 0. The maximum absolute atomic E-state index is 5.33. The SMILES string of the molecule is CNC(c1ccc(OC)cc1)(c1ccc(OC)cc1)c1ccc(OC)cc1. The van der Waals surface area contributed by atoms with Crippen LogP contribution in [0.15, 0.2) is 72.8 Å². The summed E-state index contributed by atoms with van der Waals surface area (Å²) in [5, 5.41) is 3.55. The van der Waals surface area contributed by atoms with Crippen LogP contribution in [0.1, 0.15) is 16.7 Å². The van der Waals surface area contributed by atoms with E-state index in [0.717, 1.165) is 33.9 Å². The Kier molecular flexibility index (Phi) is 5.67. The summed E-state index contributed by atoms with van der Waals surface area (Å²) in [6, 6.07) is 24.4. The van der Waals surface area contributed by atoms with E-state index < -0.39 is 5.54 Å². The van der Waals surface area contributed by atoms with Crippen molar-refractivity contribution in [2.45, 2.75) is 5.54 Å². The van der Waals surface area contributed by atoms with Crippen LogP contribution in [-0.2, 0) is 5.54 Å². The Balaban J connectivity index is 2.20. The summed E-state index contributed by atoms with van der Waals surface area (Å²) in [5.41, 5.74) is 2.81. The van der Waals surface area contributed by atoms with Gasteiger partial charge in [0, 0.05) is 0 Å². The van der Waals surface area contributed by atoms with E-state index in [1.54, 1.807) is 21.3 Å². The van der Waals surface area contributed by atoms with Crippen molar-refractivity contribution < 1.29 is 14.2 Å². The van der Waals surface area contributed by atoms with Gasteiger partial charge in [-0.3, -0.25) is 0 Å². The van der Waals surface area contributed by atoms with Crippen molar-refractivity contribution in [1.82, 2.24) is 5.32 Å². The van der Waals surface area contributed by atoms with Gasteiger partial charge < -0.3 is 19.5 Å². The molecule has 4 heteroatoms. The maximum Gasteiger partial charge on any atom is 0.118 e. The van der Waals surface area contributed by atoms with Crippen LogP contribution in [0.25, 0.3) is 0 Å². The Morgan fingerprint density at radius 2 is 0.778 bits per heavy atom. The second-order valence-electron chi connectivity index (χ2n) is 6.19. The standard InChI is InChI=1S/C23H25NO3/c1-24-23(17-5-11-20(25-2)12-6-17,18-7-13-21(26-3)14-8-18)19-9-15-22(27-4)16-10-19/h5-16,24H,1-4H3. The molecule has 0 saturated carbocycles. The quantitative estimate of drug-likeness (QED) is 0.638. The predicted molar refractivity (Wildman–Crippen MR) is 108 cm³/mol. The summed E-state index contributed by atoms with van der Waals surface area (Å²) in [6.07, 6.45) is 0. The molecule has 3 rings (SSSR count). The summed E-state index contributed by atoms with van der Waals surface area (Å²) in [5.74, 6) is 2.48. The summed E-state index contributed by atoms with van der Waals surface area (Å²) in [7, 11) is 6.99. The Hall–Kier alpha value is -2.98. The van der Waals surface area contributed by atoms with Gasteiger partial charge in [0.15, 0.2) is 0 Å². The van der Waals surface area contributed by atoms with E-state index in [1.165, 1.54) is 0 Å². The highest BCUT2D eigenvalue weighted by Crippen LogP contribution is 2.38. The number of benzene rings is 3. The van der Waals surface area contributed by atoms with Gasteiger partial charge >= 0.3 is 0 Å². The summed E-state index contributed by atoms with van der Waals surface area (Å²) in [6.45, 7) is 0. The number of hydrogen-bond acceptors (Lipinski definition) is 4. The van der Waals surface area contributed by atoms with Crippen molar-refractivity contribution in [3.05, 3.63) is 89.5 Å². The molecule has 4 nitrogen and oxygen atoms in total. The van der Waals surface area contributed by atoms with Gasteiger partial charge in [-0.25, -0.2) is 0 Å². The van der Waals surface area contributed by atoms with Crippen molar-refractivity contribution in [3.8, 4) is 17.2 Å². The third kappa shape index (κ3) is 3.49. The van der Waals surface area contributed by atoms with Crippen molar-refractivity contribution in [3.63, 3.8) is 0 Å². The van der Waals surface area contributed by atoms with Crippen LogP contribution in [0, 0.1) is 0 Å². The van der Waals surface area contributed by atoms with Crippen LogP contribution in [0.2, 0.25) is 0 Å². The van der Waals surface area contributed by atoms with E-state index in [1.807, 2.05) is 43.4 Å². The number of hydrogen-bond donors (Lipinski definition) is 1. The fourth-order valence-corrected chi connectivity index (χ4v) is 3.46. The molecule has 0 spiro atoms. The van der Waals surface area contributed by atoms with Crippen molar-refractivity contribution in [2.24, 2.45) is 0 Å². The van der Waals surface area contributed by atoms with Crippen molar-refractivity contribution >= 4 is 0 Å². The first-order valence-corrected chi connectivity index (χ1v) is 8.80. The first-order valence-electron chi connectivity index (χ1n) is 8.80. The van der Waals surface area contributed by atoms with E-state index >= 15 is 0 Å². The summed E-state index contributed by atoms with van der Waals surface area (Å²) < 4.78 is 16.0. The molecule has 0 aliphatic carbocycles. The topological polar surface area (TPSA) is 39.7 Å². The second kappa shape index (κ2) is 8.14. The molecule has 0 fully saturated rings. The molecule has 0 atom stereocenters. The number of methoxy groups -OCH3 is 3. The van der Waals surface area contributed by atoms with Gasteiger partial charge in [0.1, 0.15) is 17.2 Å². The minimum Gasteiger partial charge on any atom is -0.497 e. The van der Waals surface area contributed by atoms with E-state index in [-0.39, 0.29) is 0 Å². The second-order valence-corrected chi connectivity index (χ2v) is 6.19. The Morgan fingerprint density at radius 3 is 0.963 bits per heavy atom. The molecule has 0 radical (unpaired) electrons. The van der Waals surface area contributed by atoms with Crippen LogP contribution in [0.5, 0.6) is 17.2 Å². The molecule has 0 aliphatic rings. The van der Waals surface area contributed by atoms with Crippen LogP contribution in [0.3, 0.4) is 0 Å². The molecule has 27 heavy (non-hydrogen) atoms. The number of rotatable bonds is 7. The van der Waals surface area contributed by atoms with Gasteiger partial charge in [0.05, 0.1) is 26.9 Å². The van der Waals surface area contributed by atoms with Crippen molar-refractivity contribution in [2.75, 3.05) is 28.4 Å². The average molecular weight is 363 g/mol. The van der Waals surface area contributed by atoms with E-state index in [4.69, 9.17) is 14.2 Å². The minimum absolute atomic E-state index is 0.523. The lowest BCUT2D eigenvalue weighted by molar-refractivity contribution is 0.412. The lowest BCUT2D eigenvalue weighted by Crippen LogP contribution is -2.42. The normalized spacial score (nSPS) is 11.1. The van der Waals surface area contributed by atoms with Gasteiger partial charge in [-0.05, 0) is 60.1 Å². The van der Waals surface area contributed by atoms with E-state index in [0.29, 0.717) is 0 Å². The predicted octanol–water partition coefficient (Wildman–Crippen LogP) is 4.22. The fraction of sp³-hybridized carbons (Fsp3) is 0.217. The van der Waals surface area contributed by atoms with Crippen molar-refractivity contribution in [1.29, 1.82) is 0 Å². The molecule has 0 bridgehead atoms. The monoisotopic (exact) mass is 363 g/mol. The molecule has 0 aliphatic heterocycles. The highest BCUT2D eigenvalue weighted by atomic mass is 16.5. The molecule has 0 amide bonds. The lowest BCUT2D eigenvalue weighted by Gasteiger charge is -2.36. The zero-order valence-electron chi connectivity index (χ0n) is 16.2.